The van der Waals surface area contributed by atoms with Gasteiger partial charge in [-0.05, 0) is 26.7 Å². The van der Waals surface area contributed by atoms with Crippen LogP contribution in [0.3, 0.4) is 0 Å². The van der Waals surface area contributed by atoms with Gasteiger partial charge in [-0.15, -0.1) is 0 Å². The number of hydrogen-bond donors (Lipinski definition) is 1. The molecule has 0 aliphatic carbocycles. The van der Waals surface area contributed by atoms with Crippen LogP contribution >= 0.6 is 0 Å². The van der Waals surface area contributed by atoms with Crippen LogP contribution in [0.25, 0.3) is 0 Å². The molecule has 1 fully saturated rings. The minimum atomic E-state index is -0.462. The molecule has 1 aliphatic heterocycles. The highest BCUT2D eigenvalue weighted by Gasteiger charge is 2.36. The molecule has 6 nitrogen and oxygen atoms in total. The van der Waals surface area contributed by atoms with Crippen LogP contribution in [0.5, 0.6) is 0 Å². The van der Waals surface area contributed by atoms with Crippen molar-refractivity contribution in [2.45, 2.75) is 32.7 Å². The quantitative estimate of drug-likeness (QED) is 0.789. The minimum Gasteiger partial charge on any atom is -0.467 e. The number of methoxy groups -OCH3 is 1. The molecule has 2 rings (SSSR count). The zero-order chi connectivity index (χ0) is 13.3. The molecule has 0 spiro atoms. The third-order valence-corrected chi connectivity index (χ3v) is 3.33. The van der Waals surface area contributed by atoms with Gasteiger partial charge in [-0.1, -0.05) is 0 Å². The van der Waals surface area contributed by atoms with E-state index in [2.05, 4.69) is 10.2 Å². The van der Waals surface area contributed by atoms with Crippen LogP contribution in [0.4, 0.5) is 0 Å². The molecule has 0 bridgehead atoms. The van der Waals surface area contributed by atoms with E-state index in [1.165, 1.54) is 7.11 Å². The highest BCUT2D eigenvalue weighted by Crippen LogP contribution is 2.23. The summed E-state index contributed by atoms with van der Waals surface area (Å²) in [6.45, 7) is 4.17. The van der Waals surface area contributed by atoms with Crippen LogP contribution in [-0.2, 0) is 9.53 Å². The lowest BCUT2D eigenvalue weighted by molar-refractivity contribution is -0.145. The van der Waals surface area contributed by atoms with E-state index in [9.17, 15) is 9.59 Å². The second-order valence-corrected chi connectivity index (χ2v) is 4.49. The van der Waals surface area contributed by atoms with Gasteiger partial charge in [-0.2, -0.15) is 5.10 Å². The van der Waals surface area contributed by atoms with Gasteiger partial charge in [-0.25, -0.2) is 4.79 Å². The smallest absolute Gasteiger partial charge is 0.328 e. The van der Waals surface area contributed by atoms with E-state index in [4.69, 9.17) is 4.74 Å². The third kappa shape index (κ3) is 1.98. The third-order valence-electron chi connectivity index (χ3n) is 3.33. The summed E-state index contributed by atoms with van der Waals surface area (Å²) in [6.07, 6.45) is 1.48. The van der Waals surface area contributed by atoms with Crippen LogP contribution < -0.4 is 0 Å². The first-order chi connectivity index (χ1) is 8.56. The molecule has 98 valence electrons. The summed E-state index contributed by atoms with van der Waals surface area (Å²) in [5, 5.41) is 6.80. The summed E-state index contributed by atoms with van der Waals surface area (Å²) in [4.78, 5) is 25.6. The fraction of sp³-hybridized carbons (Fsp3) is 0.583. The number of esters is 1. The SMILES string of the molecule is COC(=O)C1CCCN1C(=O)c1c(C)n[nH]c1C. The summed E-state index contributed by atoms with van der Waals surface area (Å²) in [7, 11) is 1.34. The van der Waals surface area contributed by atoms with Crippen LogP contribution in [0, 0.1) is 13.8 Å². The number of likely N-dealkylation sites (tertiary alicyclic amines) is 1. The minimum absolute atomic E-state index is 0.147. The molecule has 1 saturated heterocycles. The van der Waals surface area contributed by atoms with E-state index in [0.717, 1.165) is 12.1 Å². The fourth-order valence-electron chi connectivity index (χ4n) is 2.40. The maximum atomic E-state index is 12.4. The summed E-state index contributed by atoms with van der Waals surface area (Å²) < 4.78 is 4.74. The van der Waals surface area contributed by atoms with Gasteiger partial charge in [-0.3, -0.25) is 9.89 Å². The second kappa shape index (κ2) is 4.80. The molecule has 1 amide bonds. The Balaban J connectivity index is 2.26. The number of nitrogens with zero attached hydrogens (tertiary/aromatic N) is 2. The first kappa shape index (κ1) is 12.6. The molecule has 6 heteroatoms. The Morgan fingerprint density at radius 2 is 2.17 bits per heavy atom. The number of amides is 1. The van der Waals surface area contributed by atoms with Crippen molar-refractivity contribution in [3.05, 3.63) is 17.0 Å². The van der Waals surface area contributed by atoms with Gasteiger partial charge in [0.15, 0.2) is 0 Å². The fourth-order valence-corrected chi connectivity index (χ4v) is 2.40. The number of nitrogens with one attached hydrogen (secondary N) is 1. The Kier molecular flexibility index (Phi) is 3.36. The molecule has 1 atom stereocenters. The molecule has 2 heterocycles. The van der Waals surface area contributed by atoms with Crippen molar-refractivity contribution in [3.63, 3.8) is 0 Å². The van der Waals surface area contributed by atoms with Gasteiger partial charge in [0.1, 0.15) is 6.04 Å². The Bertz CT molecular complexity index is 461. The molecular formula is C12H17N3O3. The van der Waals surface area contributed by atoms with Gasteiger partial charge < -0.3 is 9.64 Å². The van der Waals surface area contributed by atoms with E-state index in [-0.39, 0.29) is 11.9 Å². The first-order valence-corrected chi connectivity index (χ1v) is 5.96. The Hall–Kier alpha value is -1.85. The highest BCUT2D eigenvalue weighted by molar-refractivity contribution is 5.98. The van der Waals surface area contributed by atoms with Crippen molar-refractivity contribution in [1.29, 1.82) is 0 Å². The Morgan fingerprint density at radius 3 is 2.72 bits per heavy atom. The van der Waals surface area contributed by atoms with E-state index in [1.54, 1.807) is 18.7 Å². The standard InChI is InChI=1S/C12H17N3O3/c1-7-10(8(2)14-13-7)11(16)15-6-4-5-9(15)12(17)18-3/h9H,4-6H2,1-3H3,(H,13,14). The van der Waals surface area contributed by atoms with Crippen molar-refractivity contribution in [3.8, 4) is 0 Å². The maximum Gasteiger partial charge on any atom is 0.328 e. The van der Waals surface area contributed by atoms with E-state index in [0.29, 0.717) is 24.2 Å². The van der Waals surface area contributed by atoms with Crippen molar-refractivity contribution < 1.29 is 14.3 Å². The highest BCUT2D eigenvalue weighted by atomic mass is 16.5. The van der Waals surface area contributed by atoms with Crippen molar-refractivity contribution in [1.82, 2.24) is 15.1 Å². The number of aromatic amines is 1. The van der Waals surface area contributed by atoms with Gasteiger partial charge in [0.2, 0.25) is 0 Å². The van der Waals surface area contributed by atoms with Crippen molar-refractivity contribution in [2.24, 2.45) is 0 Å². The predicted molar refractivity (Wildman–Crippen MR) is 64.1 cm³/mol. The van der Waals surface area contributed by atoms with Gasteiger partial charge in [0, 0.05) is 12.2 Å². The number of ether oxygens (including phenoxy) is 1. The number of hydrogen-bond acceptors (Lipinski definition) is 4. The molecule has 0 saturated carbocycles. The van der Waals surface area contributed by atoms with E-state index >= 15 is 0 Å². The van der Waals surface area contributed by atoms with Crippen molar-refractivity contribution in [2.75, 3.05) is 13.7 Å². The molecule has 1 aromatic heterocycles. The van der Waals surface area contributed by atoms with Crippen LogP contribution in [0.15, 0.2) is 0 Å². The number of aryl methyl sites for hydroxylation is 2. The molecule has 18 heavy (non-hydrogen) atoms. The van der Waals surface area contributed by atoms with Crippen molar-refractivity contribution >= 4 is 11.9 Å². The molecule has 1 unspecified atom stereocenters. The topological polar surface area (TPSA) is 75.3 Å². The summed E-state index contributed by atoms with van der Waals surface area (Å²) in [6, 6.07) is -0.462. The number of rotatable bonds is 2. The lowest BCUT2D eigenvalue weighted by Crippen LogP contribution is -2.41. The maximum absolute atomic E-state index is 12.4. The first-order valence-electron chi connectivity index (χ1n) is 5.96. The molecular weight excluding hydrogens is 234 g/mol. The Labute approximate surface area is 105 Å². The van der Waals surface area contributed by atoms with Crippen LogP contribution in [-0.4, -0.2) is 46.7 Å². The zero-order valence-corrected chi connectivity index (χ0v) is 10.8. The van der Waals surface area contributed by atoms with Gasteiger partial charge in [0.25, 0.3) is 5.91 Å². The summed E-state index contributed by atoms with van der Waals surface area (Å²) >= 11 is 0. The molecule has 0 aromatic carbocycles. The lowest BCUT2D eigenvalue weighted by atomic mass is 10.1. The van der Waals surface area contributed by atoms with Crippen LogP contribution in [0.2, 0.25) is 0 Å². The number of carbonyl (C=O) groups is 2. The number of H-pyrrole nitrogens is 1. The predicted octanol–water partition coefficient (Wildman–Crippen LogP) is 0.804. The van der Waals surface area contributed by atoms with Gasteiger partial charge >= 0.3 is 5.97 Å². The second-order valence-electron chi connectivity index (χ2n) is 4.49. The molecule has 1 aromatic rings. The summed E-state index contributed by atoms with van der Waals surface area (Å²) in [5.74, 6) is -0.494. The monoisotopic (exact) mass is 251 g/mol. The largest absolute Gasteiger partial charge is 0.467 e. The number of carbonyl (C=O) groups excluding carboxylic acids is 2. The average molecular weight is 251 g/mol. The van der Waals surface area contributed by atoms with Crippen LogP contribution in [0.1, 0.15) is 34.6 Å². The lowest BCUT2D eigenvalue weighted by Gasteiger charge is -2.22. The normalized spacial score (nSPS) is 19.1. The van der Waals surface area contributed by atoms with E-state index in [1.807, 2.05) is 0 Å². The average Bonchev–Trinajstić information content (AvgIpc) is 2.95. The molecule has 1 aliphatic rings. The number of aromatic nitrogens is 2. The van der Waals surface area contributed by atoms with E-state index < -0.39 is 6.04 Å². The Morgan fingerprint density at radius 1 is 1.44 bits per heavy atom. The molecule has 1 N–H and O–H groups in total. The summed E-state index contributed by atoms with van der Waals surface area (Å²) in [5.41, 5.74) is 1.95. The zero-order valence-electron chi connectivity index (χ0n) is 10.8. The molecule has 0 radical (unpaired) electrons. The van der Waals surface area contributed by atoms with Gasteiger partial charge in [0.05, 0.1) is 18.4 Å².